The number of hydrogen-bond acceptors (Lipinski definition) is 3. The number of hydrogen-bond donors (Lipinski definition) is 1. The topological polar surface area (TPSA) is 50.2 Å². The average Bonchev–Trinajstić information content (AvgIpc) is 3.44. The predicted octanol–water partition coefficient (Wildman–Crippen LogP) is 4.67. The van der Waals surface area contributed by atoms with E-state index >= 15 is 0 Å². The Balaban J connectivity index is 1.24. The largest absolute Gasteiger partial charge is 0.367 e. The van der Waals surface area contributed by atoms with E-state index in [-0.39, 0.29) is 5.91 Å². The van der Waals surface area contributed by atoms with Gasteiger partial charge in [-0.1, -0.05) is 48.5 Å². The van der Waals surface area contributed by atoms with Crippen molar-refractivity contribution in [2.75, 3.05) is 11.4 Å². The van der Waals surface area contributed by atoms with Gasteiger partial charge in [0.15, 0.2) is 0 Å². The Kier molecular flexibility index (Phi) is 5.46. The lowest BCUT2D eigenvalue weighted by atomic mass is 10.1. The molecule has 0 radical (unpaired) electrons. The summed E-state index contributed by atoms with van der Waals surface area (Å²) in [5, 5.41) is 3.06. The second-order valence-electron chi connectivity index (χ2n) is 8.15. The lowest BCUT2D eigenvalue weighted by molar-refractivity contribution is 0.0951. The molecule has 5 nitrogen and oxygen atoms in total. The molecule has 1 aliphatic rings. The molecule has 0 spiro atoms. The number of aryl methyl sites for hydroxylation is 1. The fourth-order valence-corrected chi connectivity index (χ4v) is 4.36. The van der Waals surface area contributed by atoms with Crippen LogP contribution in [0, 0.1) is 6.92 Å². The van der Waals surface area contributed by atoms with Crippen molar-refractivity contribution in [1.82, 2.24) is 14.9 Å². The molecule has 0 saturated carbocycles. The van der Waals surface area contributed by atoms with Crippen LogP contribution in [-0.2, 0) is 19.5 Å². The quantitative estimate of drug-likeness (QED) is 0.491. The summed E-state index contributed by atoms with van der Waals surface area (Å²) in [5.41, 5.74) is 6.69. The minimum Gasteiger partial charge on any atom is -0.367 e. The van der Waals surface area contributed by atoms with Gasteiger partial charge in [0.1, 0.15) is 5.82 Å². The number of fused-ring (bicyclic) bond motifs is 1. The summed E-state index contributed by atoms with van der Waals surface area (Å²) in [7, 11) is 0. The fourth-order valence-electron chi connectivity index (χ4n) is 4.36. The number of benzene rings is 3. The molecule has 0 saturated heterocycles. The number of rotatable bonds is 6. The number of anilines is 1. The smallest absolute Gasteiger partial charge is 0.251 e. The van der Waals surface area contributed by atoms with Crippen LogP contribution in [0.3, 0.4) is 0 Å². The molecule has 32 heavy (non-hydrogen) atoms. The molecule has 5 rings (SSSR count). The molecule has 1 aliphatic heterocycles. The molecule has 1 N–H and O–H groups in total. The van der Waals surface area contributed by atoms with Gasteiger partial charge in [0.2, 0.25) is 0 Å². The Bertz CT molecular complexity index is 1240. The maximum atomic E-state index is 12.8. The predicted molar refractivity (Wildman–Crippen MR) is 127 cm³/mol. The van der Waals surface area contributed by atoms with Gasteiger partial charge in [0, 0.05) is 43.3 Å². The number of imidazole rings is 1. The van der Waals surface area contributed by atoms with Crippen LogP contribution in [0.5, 0.6) is 0 Å². The first-order valence-corrected chi connectivity index (χ1v) is 11.0. The van der Waals surface area contributed by atoms with E-state index in [2.05, 4.69) is 51.6 Å². The number of nitrogens with zero attached hydrogens (tertiary/aromatic N) is 3. The SMILES string of the molecule is Cc1nccn1-c1ccccc1CNC(=O)c1ccc(CN2CCc3ccccc32)cc1. The van der Waals surface area contributed by atoms with Gasteiger partial charge in [-0.3, -0.25) is 4.79 Å². The van der Waals surface area contributed by atoms with E-state index in [9.17, 15) is 4.79 Å². The molecular weight excluding hydrogens is 396 g/mol. The van der Waals surface area contributed by atoms with Crippen molar-refractivity contribution < 1.29 is 4.79 Å². The molecule has 0 unspecified atom stereocenters. The highest BCUT2D eigenvalue weighted by atomic mass is 16.1. The number of nitrogens with one attached hydrogen (secondary N) is 1. The zero-order chi connectivity index (χ0) is 21.9. The van der Waals surface area contributed by atoms with Crippen LogP contribution in [0.2, 0.25) is 0 Å². The molecule has 5 heteroatoms. The van der Waals surface area contributed by atoms with Crippen LogP contribution < -0.4 is 10.2 Å². The van der Waals surface area contributed by atoms with Crippen molar-refractivity contribution in [3.63, 3.8) is 0 Å². The normalized spacial score (nSPS) is 12.6. The van der Waals surface area contributed by atoms with Crippen molar-refractivity contribution in [3.05, 3.63) is 113 Å². The van der Waals surface area contributed by atoms with E-state index in [1.807, 2.05) is 54.1 Å². The summed E-state index contributed by atoms with van der Waals surface area (Å²) in [5.74, 6) is 0.847. The summed E-state index contributed by atoms with van der Waals surface area (Å²) in [6, 6.07) is 24.6. The number of para-hydroxylation sites is 2. The standard InChI is InChI=1S/C27H26N4O/c1-20-28-15-17-31(20)26-9-5-3-7-24(26)18-29-27(32)23-12-10-21(11-13-23)19-30-16-14-22-6-2-4-8-25(22)30/h2-13,15,17H,14,16,18-19H2,1H3,(H,29,32). The second kappa shape index (κ2) is 8.71. The molecular formula is C27H26N4O. The van der Waals surface area contributed by atoms with Crippen molar-refractivity contribution in [1.29, 1.82) is 0 Å². The number of carbonyl (C=O) groups excluding carboxylic acids is 1. The minimum absolute atomic E-state index is 0.0692. The van der Waals surface area contributed by atoms with Crippen LogP contribution in [0.15, 0.2) is 85.2 Å². The highest BCUT2D eigenvalue weighted by molar-refractivity contribution is 5.94. The van der Waals surface area contributed by atoms with Gasteiger partial charge in [-0.05, 0) is 54.3 Å². The molecule has 0 aliphatic carbocycles. The number of amides is 1. The van der Waals surface area contributed by atoms with E-state index in [0.29, 0.717) is 12.1 Å². The molecule has 2 heterocycles. The zero-order valence-electron chi connectivity index (χ0n) is 18.2. The van der Waals surface area contributed by atoms with Crippen LogP contribution in [0.4, 0.5) is 5.69 Å². The molecule has 3 aromatic carbocycles. The summed E-state index contributed by atoms with van der Waals surface area (Å²) in [6.45, 7) is 4.32. The van der Waals surface area contributed by atoms with Crippen molar-refractivity contribution in [3.8, 4) is 5.69 Å². The highest BCUT2D eigenvalue weighted by Gasteiger charge is 2.18. The van der Waals surface area contributed by atoms with Crippen molar-refractivity contribution >= 4 is 11.6 Å². The Hall–Kier alpha value is -3.86. The molecule has 0 fully saturated rings. The van der Waals surface area contributed by atoms with Gasteiger partial charge >= 0.3 is 0 Å². The van der Waals surface area contributed by atoms with E-state index in [1.165, 1.54) is 16.8 Å². The third-order valence-electron chi connectivity index (χ3n) is 6.09. The summed E-state index contributed by atoms with van der Waals surface area (Å²) in [6.07, 6.45) is 4.82. The Morgan fingerprint density at radius 2 is 1.72 bits per heavy atom. The Morgan fingerprint density at radius 1 is 0.969 bits per heavy atom. The van der Waals surface area contributed by atoms with E-state index in [0.717, 1.165) is 36.6 Å². The first-order chi connectivity index (χ1) is 15.7. The Morgan fingerprint density at radius 3 is 2.50 bits per heavy atom. The molecule has 0 bridgehead atoms. The molecule has 1 aromatic heterocycles. The highest BCUT2D eigenvalue weighted by Crippen LogP contribution is 2.28. The van der Waals surface area contributed by atoms with Gasteiger partial charge in [0.05, 0.1) is 5.69 Å². The van der Waals surface area contributed by atoms with E-state index in [4.69, 9.17) is 0 Å². The van der Waals surface area contributed by atoms with Gasteiger partial charge in [0.25, 0.3) is 5.91 Å². The Labute approximate surface area is 188 Å². The number of carbonyl (C=O) groups is 1. The van der Waals surface area contributed by atoms with Crippen LogP contribution in [0.1, 0.15) is 32.9 Å². The molecule has 160 valence electrons. The molecule has 0 atom stereocenters. The van der Waals surface area contributed by atoms with Crippen molar-refractivity contribution in [2.24, 2.45) is 0 Å². The summed E-state index contributed by atoms with van der Waals surface area (Å²) < 4.78 is 2.03. The molecule has 1 amide bonds. The van der Waals surface area contributed by atoms with Crippen LogP contribution in [-0.4, -0.2) is 22.0 Å². The van der Waals surface area contributed by atoms with Gasteiger partial charge in [-0.25, -0.2) is 4.98 Å². The maximum absolute atomic E-state index is 12.8. The van der Waals surface area contributed by atoms with Gasteiger partial charge in [-0.15, -0.1) is 0 Å². The van der Waals surface area contributed by atoms with Crippen LogP contribution in [0.25, 0.3) is 5.69 Å². The first-order valence-electron chi connectivity index (χ1n) is 11.0. The maximum Gasteiger partial charge on any atom is 0.251 e. The van der Waals surface area contributed by atoms with Gasteiger partial charge in [-0.2, -0.15) is 0 Å². The summed E-state index contributed by atoms with van der Waals surface area (Å²) >= 11 is 0. The van der Waals surface area contributed by atoms with E-state index in [1.54, 1.807) is 6.20 Å². The molecule has 4 aromatic rings. The first kappa shape index (κ1) is 20.1. The van der Waals surface area contributed by atoms with E-state index < -0.39 is 0 Å². The lowest BCUT2D eigenvalue weighted by Gasteiger charge is -2.19. The monoisotopic (exact) mass is 422 g/mol. The third-order valence-corrected chi connectivity index (χ3v) is 6.09. The summed E-state index contributed by atoms with van der Waals surface area (Å²) in [4.78, 5) is 19.5. The third kappa shape index (κ3) is 4.02. The second-order valence-corrected chi connectivity index (χ2v) is 8.15. The average molecular weight is 423 g/mol. The van der Waals surface area contributed by atoms with Gasteiger partial charge < -0.3 is 14.8 Å². The zero-order valence-corrected chi connectivity index (χ0v) is 18.2. The fraction of sp³-hybridized carbons (Fsp3) is 0.185. The van der Waals surface area contributed by atoms with Crippen molar-refractivity contribution in [2.45, 2.75) is 26.4 Å². The number of aromatic nitrogens is 2. The lowest BCUT2D eigenvalue weighted by Crippen LogP contribution is -2.24. The van der Waals surface area contributed by atoms with Crippen LogP contribution >= 0.6 is 0 Å². The minimum atomic E-state index is -0.0692.